The van der Waals surface area contributed by atoms with Crippen molar-refractivity contribution in [3.05, 3.63) is 21.4 Å². The van der Waals surface area contributed by atoms with E-state index in [9.17, 15) is 9.59 Å². The Kier molecular flexibility index (Phi) is 3.18. The first-order chi connectivity index (χ1) is 9.16. The number of hydrogen-bond donors (Lipinski definition) is 1. The number of carbonyl (C=O) groups is 2. The van der Waals surface area contributed by atoms with Crippen LogP contribution in [0.25, 0.3) is 0 Å². The van der Waals surface area contributed by atoms with E-state index in [1.165, 1.54) is 22.7 Å². The highest BCUT2D eigenvalue weighted by molar-refractivity contribution is 7.12. The zero-order valence-corrected chi connectivity index (χ0v) is 11.4. The van der Waals surface area contributed by atoms with Crippen molar-refractivity contribution in [2.24, 2.45) is 0 Å². The van der Waals surface area contributed by atoms with Crippen LogP contribution in [0.15, 0.2) is 5.38 Å². The van der Waals surface area contributed by atoms with Gasteiger partial charge >= 0.3 is 6.09 Å². The maximum absolute atomic E-state index is 12.5. The van der Waals surface area contributed by atoms with E-state index in [2.05, 4.69) is 0 Å². The quantitative estimate of drug-likeness (QED) is 0.859. The molecule has 0 atom stereocenters. The summed E-state index contributed by atoms with van der Waals surface area (Å²) in [4.78, 5) is 27.4. The van der Waals surface area contributed by atoms with E-state index in [-0.39, 0.29) is 5.91 Å². The Balaban J connectivity index is 1.80. The van der Waals surface area contributed by atoms with Gasteiger partial charge in [0.1, 0.15) is 0 Å². The van der Waals surface area contributed by atoms with Crippen molar-refractivity contribution >= 4 is 23.3 Å². The van der Waals surface area contributed by atoms with Crippen LogP contribution in [0, 0.1) is 0 Å². The summed E-state index contributed by atoms with van der Waals surface area (Å²) in [5, 5.41) is 10.9. The number of likely N-dealkylation sites (tertiary alicyclic amines) is 1. The molecule has 0 unspecified atom stereocenters. The summed E-state index contributed by atoms with van der Waals surface area (Å²) in [7, 11) is 0. The lowest BCUT2D eigenvalue weighted by Crippen LogP contribution is -2.35. The van der Waals surface area contributed by atoms with Gasteiger partial charge in [0.15, 0.2) is 0 Å². The lowest BCUT2D eigenvalue weighted by Gasteiger charge is -2.26. The van der Waals surface area contributed by atoms with Crippen LogP contribution in [0.3, 0.4) is 0 Å². The van der Waals surface area contributed by atoms with Crippen LogP contribution in [0.2, 0.25) is 0 Å². The number of nitrogens with zero attached hydrogens (tertiary/aromatic N) is 2. The van der Waals surface area contributed by atoms with Crippen molar-refractivity contribution in [1.82, 2.24) is 9.80 Å². The molecule has 0 radical (unpaired) electrons. The van der Waals surface area contributed by atoms with E-state index in [1.54, 1.807) is 0 Å². The standard InChI is InChI=1S/C13H16N2O3S/c16-12(14-4-2-1-3-5-14)11-10-7-15(13(17)18)6-9(10)8-19-11/h8H,1-7H2,(H,17,18). The number of hydrogen-bond acceptors (Lipinski definition) is 3. The van der Waals surface area contributed by atoms with Crippen LogP contribution >= 0.6 is 11.3 Å². The van der Waals surface area contributed by atoms with Gasteiger partial charge in [-0.05, 0) is 30.2 Å². The van der Waals surface area contributed by atoms with Gasteiger partial charge in [-0.2, -0.15) is 0 Å². The molecule has 2 amide bonds. The van der Waals surface area contributed by atoms with Gasteiger partial charge in [-0.25, -0.2) is 4.79 Å². The second kappa shape index (κ2) is 4.85. The molecule has 19 heavy (non-hydrogen) atoms. The molecule has 1 fully saturated rings. The fraction of sp³-hybridized carbons (Fsp3) is 0.538. The van der Waals surface area contributed by atoms with Gasteiger partial charge in [0.2, 0.25) is 0 Å². The molecule has 0 bridgehead atoms. The highest BCUT2D eigenvalue weighted by atomic mass is 32.1. The number of carbonyl (C=O) groups excluding carboxylic acids is 1. The molecule has 1 saturated heterocycles. The number of thiophene rings is 1. The van der Waals surface area contributed by atoms with Crippen molar-refractivity contribution in [3.63, 3.8) is 0 Å². The molecule has 0 aliphatic carbocycles. The number of fused-ring (bicyclic) bond motifs is 1. The van der Waals surface area contributed by atoms with Gasteiger partial charge in [-0.15, -0.1) is 11.3 Å². The highest BCUT2D eigenvalue weighted by Gasteiger charge is 2.31. The van der Waals surface area contributed by atoms with Crippen molar-refractivity contribution in [3.8, 4) is 0 Å². The summed E-state index contributed by atoms with van der Waals surface area (Å²) in [5.41, 5.74) is 1.91. The zero-order chi connectivity index (χ0) is 13.4. The summed E-state index contributed by atoms with van der Waals surface area (Å²) in [6.07, 6.45) is 2.41. The zero-order valence-electron chi connectivity index (χ0n) is 10.6. The van der Waals surface area contributed by atoms with Gasteiger partial charge in [0.05, 0.1) is 18.0 Å². The first kappa shape index (κ1) is 12.5. The third kappa shape index (κ3) is 2.20. The molecule has 1 aromatic heterocycles. The SMILES string of the molecule is O=C(O)N1Cc2csc(C(=O)N3CCCCC3)c2C1. The number of carboxylic acid groups (broad SMARTS) is 1. The normalized spacial score (nSPS) is 18.5. The predicted octanol–water partition coefficient (Wildman–Crippen LogP) is 2.37. The molecule has 3 heterocycles. The van der Waals surface area contributed by atoms with Crippen molar-refractivity contribution < 1.29 is 14.7 Å². The van der Waals surface area contributed by atoms with Gasteiger partial charge in [0.25, 0.3) is 5.91 Å². The molecule has 6 heteroatoms. The van der Waals surface area contributed by atoms with E-state index in [4.69, 9.17) is 5.11 Å². The summed E-state index contributed by atoms with van der Waals surface area (Å²) in [6.45, 7) is 2.42. The monoisotopic (exact) mass is 280 g/mol. The Labute approximate surface area is 115 Å². The van der Waals surface area contributed by atoms with Crippen molar-refractivity contribution in [2.75, 3.05) is 13.1 Å². The van der Waals surface area contributed by atoms with Crippen LogP contribution in [0.5, 0.6) is 0 Å². The maximum atomic E-state index is 12.5. The maximum Gasteiger partial charge on any atom is 0.407 e. The lowest BCUT2D eigenvalue weighted by molar-refractivity contribution is 0.0727. The second-order valence-corrected chi connectivity index (χ2v) is 5.94. The molecule has 2 aliphatic heterocycles. The third-order valence-corrected chi connectivity index (χ3v) is 4.86. The first-order valence-electron chi connectivity index (χ1n) is 6.53. The molecule has 2 aliphatic rings. The molecule has 1 aromatic rings. The minimum absolute atomic E-state index is 0.0817. The molecule has 0 spiro atoms. The highest BCUT2D eigenvalue weighted by Crippen LogP contribution is 2.32. The Morgan fingerprint density at radius 2 is 1.84 bits per heavy atom. The molecule has 1 N–H and O–H groups in total. The fourth-order valence-corrected chi connectivity index (χ4v) is 3.78. The van der Waals surface area contributed by atoms with Crippen molar-refractivity contribution in [1.29, 1.82) is 0 Å². The van der Waals surface area contributed by atoms with Gasteiger partial charge in [-0.1, -0.05) is 0 Å². The predicted molar refractivity (Wildman–Crippen MR) is 71.3 cm³/mol. The summed E-state index contributed by atoms with van der Waals surface area (Å²) in [5.74, 6) is 0.0817. The van der Waals surface area contributed by atoms with E-state index < -0.39 is 6.09 Å². The average Bonchev–Trinajstić information content (AvgIpc) is 2.98. The summed E-state index contributed by atoms with van der Waals surface area (Å²) in [6, 6.07) is 0. The number of amides is 2. The molecule has 0 aromatic carbocycles. The van der Waals surface area contributed by atoms with E-state index in [0.717, 1.165) is 41.9 Å². The Morgan fingerprint density at radius 3 is 2.53 bits per heavy atom. The largest absolute Gasteiger partial charge is 0.465 e. The molecule has 5 nitrogen and oxygen atoms in total. The Hall–Kier alpha value is -1.56. The summed E-state index contributed by atoms with van der Waals surface area (Å²) >= 11 is 1.46. The number of rotatable bonds is 1. The smallest absolute Gasteiger partial charge is 0.407 e. The van der Waals surface area contributed by atoms with Crippen molar-refractivity contribution in [2.45, 2.75) is 32.4 Å². The third-order valence-electron chi connectivity index (χ3n) is 3.80. The minimum atomic E-state index is -0.919. The number of piperidine rings is 1. The Bertz CT molecular complexity index is 520. The minimum Gasteiger partial charge on any atom is -0.465 e. The topological polar surface area (TPSA) is 60.9 Å². The van der Waals surface area contributed by atoms with Crippen LogP contribution in [-0.2, 0) is 13.1 Å². The van der Waals surface area contributed by atoms with Crippen LogP contribution in [0.4, 0.5) is 4.79 Å². The van der Waals surface area contributed by atoms with Gasteiger partial charge in [0, 0.05) is 18.7 Å². The molecule has 3 rings (SSSR count). The summed E-state index contributed by atoms with van der Waals surface area (Å²) < 4.78 is 0. The first-order valence-corrected chi connectivity index (χ1v) is 7.41. The van der Waals surface area contributed by atoms with Gasteiger partial charge in [-0.3, -0.25) is 9.69 Å². The molecular formula is C13H16N2O3S. The Morgan fingerprint density at radius 1 is 1.11 bits per heavy atom. The lowest BCUT2D eigenvalue weighted by atomic mass is 10.1. The molecule has 0 saturated carbocycles. The van der Waals surface area contributed by atoms with Crippen LogP contribution < -0.4 is 0 Å². The van der Waals surface area contributed by atoms with Gasteiger partial charge < -0.3 is 10.0 Å². The fourth-order valence-electron chi connectivity index (χ4n) is 2.73. The molecular weight excluding hydrogens is 264 g/mol. The molecule has 102 valence electrons. The van der Waals surface area contributed by atoms with Crippen LogP contribution in [-0.4, -0.2) is 40.0 Å². The van der Waals surface area contributed by atoms with Crippen LogP contribution in [0.1, 0.15) is 40.1 Å². The second-order valence-electron chi connectivity index (χ2n) is 5.06. The average molecular weight is 280 g/mol. The van der Waals surface area contributed by atoms with E-state index in [1.807, 2.05) is 10.3 Å². The van der Waals surface area contributed by atoms with E-state index in [0.29, 0.717) is 13.1 Å². The van der Waals surface area contributed by atoms with E-state index >= 15 is 0 Å².